The fourth-order valence-corrected chi connectivity index (χ4v) is 4.14. The molecule has 2 aromatic carbocycles. The number of rotatable bonds is 8. The number of hydrogen-bond acceptors (Lipinski definition) is 5. The van der Waals surface area contributed by atoms with E-state index in [9.17, 15) is 12.8 Å². The minimum atomic E-state index is -3.71. The normalized spacial score (nSPS) is 11.7. The second kappa shape index (κ2) is 8.46. The summed E-state index contributed by atoms with van der Waals surface area (Å²) in [5.74, 6) is 0.825. The molecule has 3 rings (SSSR count). The van der Waals surface area contributed by atoms with Crippen molar-refractivity contribution in [2.75, 3.05) is 30.1 Å². The Bertz CT molecular complexity index is 1120. The summed E-state index contributed by atoms with van der Waals surface area (Å²) in [7, 11) is -2.15. The molecule has 10 heteroatoms. The molecule has 7 nitrogen and oxygen atoms in total. The maximum absolute atomic E-state index is 12.7. The summed E-state index contributed by atoms with van der Waals surface area (Å²) in [6.07, 6.45) is 1.32. The van der Waals surface area contributed by atoms with Gasteiger partial charge >= 0.3 is 0 Å². The van der Waals surface area contributed by atoms with Crippen LogP contribution in [0.1, 0.15) is 12.0 Å². The number of halogens is 2. The largest absolute Gasteiger partial charge is 0.497 e. The highest BCUT2D eigenvalue weighted by molar-refractivity contribution is 7.92. The summed E-state index contributed by atoms with van der Waals surface area (Å²) in [6.45, 7) is -0.236. The van der Waals surface area contributed by atoms with Crippen molar-refractivity contribution in [1.82, 2.24) is 9.78 Å². The zero-order chi connectivity index (χ0) is 21.2. The van der Waals surface area contributed by atoms with Crippen LogP contribution >= 0.6 is 11.6 Å². The Morgan fingerprint density at radius 3 is 2.52 bits per heavy atom. The number of aromatic nitrogens is 2. The molecule has 0 fully saturated rings. The molecule has 2 N–H and O–H groups in total. The Hall–Kier alpha value is -2.52. The lowest BCUT2D eigenvalue weighted by Gasteiger charge is -2.21. The molecule has 0 spiro atoms. The molecule has 0 bridgehead atoms. The van der Waals surface area contributed by atoms with Crippen LogP contribution in [0.15, 0.2) is 36.4 Å². The van der Waals surface area contributed by atoms with E-state index in [-0.39, 0.29) is 25.3 Å². The smallest absolute Gasteiger partial charge is 0.233 e. The van der Waals surface area contributed by atoms with Crippen LogP contribution < -0.4 is 14.8 Å². The first-order valence-corrected chi connectivity index (χ1v) is 11.1. The molecule has 1 aromatic heterocycles. The van der Waals surface area contributed by atoms with Crippen LogP contribution in [-0.2, 0) is 23.1 Å². The van der Waals surface area contributed by atoms with Gasteiger partial charge in [-0.15, -0.1) is 0 Å². The molecular formula is C19H22ClFN4O3S. The molecule has 0 aliphatic rings. The monoisotopic (exact) mass is 440 g/mol. The molecule has 156 valence electrons. The van der Waals surface area contributed by atoms with Crippen molar-refractivity contribution < 1.29 is 17.5 Å². The standard InChI is InChI=1S/C19H22ClFN4O3S/c1-28-14-6-4-13(5-7-14)12-25(29(2,26)27)19-17-15(20)8-9-16(22)18(17)24(23-19)11-3-10-21/h4-9H,3,10-12,22H2,1-2H3. The second-order valence-electron chi connectivity index (χ2n) is 6.57. The number of sulfonamides is 1. The van der Waals surface area contributed by atoms with E-state index in [0.717, 1.165) is 11.8 Å². The molecule has 29 heavy (non-hydrogen) atoms. The Morgan fingerprint density at radius 2 is 1.93 bits per heavy atom. The number of benzene rings is 2. The van der Waals surface area contributed by atoms with E-state index in [1.54, 1.807) is 43.5 Å². The van der Waals surface area contributed by atoms with Gasteiger partial charge in [-0.1, -0.05) is 23.7 Å². The van der Waals surface area contributed by atoms with Crippen molar-refractivity contribution in [1.29, 1.82) is 0 Å². The number of aryl methyl sites for hydroxylation is 1. The number of methoxy groups -OCH3 is 1. The van der Waals surface area contributed by atoms with Crippen molar-refractivity contribution in [3.8, 4) is 5.75 Å². The lowest BCUT2D eigenvalue weighted by molar-refractivity contribution is 0.414. The fourth-order valence-electron chi connectivity index (χ4n) is 3.08. The van der Waals surface area contributed by atoms with Gasteiger partial charge in [0.1, 0.15) is 5.75 Å². The van der Waals surface area contributed by atoms with Gasteiger partial charge in [-0.25, -0.2) is 12.7 Å². The third-order valence-electron chi connectivity index (χ3n) is 4.48. The average Bonchev–Trinajstić information content (AvgIpc) is 3.07. The molecule has 0 saturated carbocycles. The van der Waals surface area contributed by atoms with Gasteiger partial charge in [-0.05, 0) is 36.2 Å². The maximum Gasteiger partial charge on any atom is 0.233 e. The molecule has 0 amide bonds. The van der Waals surface area contributed by atoms with Crippen molar-refractivity contribution in [3.63, 3.8) is 0 Å². The number of hydrogen-bond donors (Lipinski definition) is 1. The van der Waals surface area contributed by atoms with E-state index in [1.807, 2.05) is 0 Å². The highest BCUT2D eigenvalue weighted by atomic mass is 35.5. The molecule has 0 aliphatic heterocycles. The predicted octanol–water partition coefficient (Wildman–Crippen LogP) is 3.61. The molecule has 0 radical (unpaired) electrons. The van der Waals surface area contributed by atoms with E-state index in [2.05, 4.69) is 5.10 Å². The minimum Gasteiger partial charge on any atom is -0.497 e. The van der Waals surface area contributed by atoms with Crippen LogP contribution in [0.25, 0.3) is 10.9 Å². The van der Waals surface area contributed by atoms with E-state index in [4.69, 9.17) is 22.1 Å². The van der Waals surface area contributed by atoms with Crippen molar-refractivity contribution >= 4 is 44.0 Å². The fraction of sp³-hybridized carbons (Fsp3) is 0.316. The zero-order valence-corrected chi connectivity index (χ0v) is 17.7. The van der Waals surface area contributed by atoms with Crippen LogP contribution in [0.2, 0.25) is 5.02 Å². The first-order valence-electron chi connectivity index (χ1n) is 8.87. The number of nitrogens with zero attached hydrogens (tertiary/aromatic N) is 3. The highest BCUT2D eigenvalue weighted by Crippen LogP contribution is 2.37. The van der Waals surface area contributed by atoms with Gasteiger partial charge in [0.05, 0.1) is 48.2 Å². The summed E-state index contributed by atoms with van der Waals surface area (Å²) in [6, 6.07) is 10.3. The van der Waals surface area contributed by atoms with E-state index < -0.39 is 16.7 Å². The van der Waals surface area contributed by atoms with Crippen molar-refractivity contribution in [2.45, 2.75) is 19.5 Å². The Kier molecular flexibility index (Phi) is 6.18. The van der Waals surface area contributed by atoms with E-state index >= 15 is 0 Å². The molecule has 3 aromatic rings. The molecule has 0 atom stereocenters. The lowest BCUT2D eigenvalue weighted by Crippen LogP contribution is -2.30. The van der Waals surface area contributed by atoms with Gasteiger partial charge in [0, 0.05) is 6.54 Å². The Balaban J connectivity index is 2.16. The molecule has 0 aliphatic carbocycles. The van der Waals surface area contributed by atoms with Gasteiger partial charge in [0.15, 0.2) is 5.82 Å². The summed E-state index contributed by atoms with van der Waals surface area (Å²) in [4.78, 5) is 0. The van der Waals surface area contributed by atoms with Crippen LogP contribution in [-0.4, -0.2) is 38.2 Å². The lowest BCUT2D eigenvalue weighted by atomic mass is 10.2. The van der Waals surface area contributed by atoms with Crippen LogP contribution in [0, 0.1) is 0 Å². The van der Waals surface area contributed by atoms with Gasteiger partial charge in [-0.3, -0.25) is 9.07 Å². The van der Waals surface area contributed by atoms with Crippen LogP contribution in [0.3, 0.4) is 0 Å². The second-order valence-corrected chi connectivity index (χ2v) is 8.88. The van der Waals surface area contributed by atoms with Crippen LogP contribution in [0.5, 0.6) is 5.75 Å². The number of nitrogens with two attached hydrogens (primary N) is 1. The first-order chi connectivity index (χ1) is 13.8. The molecule has 0 unspecified atom stereocenters. The summed E-state index contributed by atoms with van der Waals surface area (Å²) >= 11 is 6.40. The molecule has 1 heterocycles. The van der Waals surface area contributed by atoms with Crippen molar-refractivity contribution in [3.05, 3.63) is 47.0 Å². The zero-order valence-electron chi connectivity index (χ0n) is 16.1. The average molecular weight is 441 g/mol. The number of fused-ring (bicyclic) bond motifs is 1. The predicted molar refractivity (Wildman–Crippen MR) is 114 cm³/mol. The number of anilines is 2. The first kappa shape index (κ1) is 21.2. The van der Waals surface area contributed by atoms with E-state index in [1.165, 1.54) is 8.99 Å². The number of ether oxygens (including phenoxy) is 1. The van der Waals surface area contributed by atoms with Gasteiger partial charge in [0.25, 0.3) is 0 Å². The van der Waals surface area contributed by atoms with Gasteiger partial charge < -0.3 is 10.5 Å². The summed E-state index contributed by atoms with van der Waals surface area (Å²) in [5.41, 5.74) is 7.73. The Morgan fingerprint density at radius 1 is 1.24 bits per heavy atom. The maximum atomic E-state index is 12.7. The summed E-state index contributed by atoms with van der Waals surface area (Å²) in [5, 5.41) is 5.19. The van der Waals surface area contributed by atoms with Gasteiger partial charge in [0.2, 0.25) is 10.0 Å². The number of nitrogen functional groups attached to an aromatic ring is 1. The topological polar surface area (TPSA) is 90.4 Å². The minimum absolute atomic E-state index is 0.0448. The SMILES string of the molecule is COc1ccc(CN(c2nn(CCCF)c3c(N)ccc(Cl)c23)S(C)(=O)=O)cc1. The van der Waals surface area contributed by atoms with Crippen molar-refractivity contribution in [2.24, 2.45) is 0 Å². The van der Waals surface area contributed by atoms with Gasteiger partial charge in [-0.2, -0.15) is 5.10 Å². The van der Waals surface area contributed by atoms with Crippen LogP contribution in [0.4, 0.5) is 15.9 Å². The third kappa shape index (κ3) is 4.40. The number of alkyl halides is 1. The molecule has 0 saturated heterocycles. The molecular weight excluding hydrogens is 419 g/mol. The Labute approximate surface area is 173 Å². The quantitative estimate of drug-likeness (QED) is 0.540. The highest BCUT2D eigenvalue weighted by Gasteiger charge is 2.26. The third-order valence-corrected chi connectivity index (χ3v) is 5.90. The van der Waals surface area contributed by atoms with E-state index in [0.29, 0.717) is 27.4 Å². The summed E-state index contributed by atoms with van der Waals surface area (Å²) < 4.78 is 45.9.